The average Bonchev–Trinajstić information content (AvgIpc) is 1.52. The molecule has 14 aliphatic rings. The summed E-state index contributed by atoms with van der Waals surface area (Å²) < 4.78 is 106. The second-order valence-corrected chi connectivity index (χ2v) is 39.2. The number of nitrogens with one attached hydrogen (secondary N) is 9. The van der Waals surface area contributed by atoms with Crippen LogP contribution in [0.5, 0.6) is 0 Å². The van der Waals surface area contributed by atoms with Gasteiger partial charge in [0.1, 0.15) is 51.2 Å². The summed E-state index contributed by atoms with van der Waals surface area (Å²) in [4.78, 5) is 121. The Labute approximate surface area is 782 Å². The van der Waals surface area contributed by atoms with Crippen molar-refractivity contribution < 1.29 is 124 Å². The lowest BCUT2D eigenvalue weighted by Gasteiger charge is -2.14. The summed E-state index contributed by atoms with van der Waals surface area (Å²) in [7, 11) is 0. The number of hydrogen-bond donors (Lipinski definition) is 18. The lowest BCUT2D eigenvalue weighted by molar-refractivity contribution is -0.0451. The van der Waals surface area contributed by atoms with Gasteiger partial charge in [-0.05, 0) is 257 Å². The van der Waals surface area contributed by atoms with Crippen molar-refractivity contribution >= 4 is 53.7 Å². The van der Waals surface area contributed by atoms with E-state index in [1.54, 1.807) is 13.0 Å². The van der Waals surface area contributed by atoms with Crippen molar-refractivity contribution in [1.29, 1.82) is 0 Å². The lowest BCUT2D eigenvalue weighted by atomic mass is 10.0. The predicted molar refractivity (Wildman–Crippen MR) is 482 cm³/mol. The number of H-pyrrole nitrogens is 9. The standard InChI is InChI=1S/C17H17NO2.C16H15NO2.C15H13NO2.C10H11NO2.4C9H9F2NO2.C9H9NO2/c19-17(20)15-9-13-14(18-15)8-12-11(16(12)13)7-6-10-4-2-1-3-5-10;18-16(19)14-8-12-13(17-14)7-11-10(15(11)12)6-9-4-2-1-3-5-9;17-15(18)12-6-9-11(16-12)7-10-13(14(9)10)8-4-2-1-3-5-8;1-4-5-2-7-6(9(4)5)3-8(11-7)10(12)13;1-4-5-2-6(8(13)14)12-7(5)3-9(4,10)11;1-4-7-5(3-9(4,10)11)2-6(12-7)8(13)14;1-4-3-9(10,11)5-2-6(8(13)14)12-7(4)5;1-4-2-6-5(9(4,10)11)3-7(12-6)8(13)14;11-9(12)8-3-6-5-1-4(5)2-7(6)10-8/h1-5,9,11-12,16,18H,6-8H2,(H,19,20);1-5,8,10-11,15,17H,6-7H2,(H,18,19);1-6,10,13-14,16H,7H2,(H,17,18);3-5,9,11H,2H2,1H3,(H,12,13);3*2,4,12H,3H2,1H3,(H,13,14);3-4,12H,2H2,1H3,(H,13,14);3-5,10H,1-2H2,(H,11,12)/t11-,12+,16-;10-,11+,15-;10-,13+,14-;4-,5+,9-;4*4-;4-,5-/m001010100/s1. The molecule has 0 spiro atoms. The van der Waals surface area contributed by atoms with Crippen LogP contribution in [0.25, 0.3) is 0 Å². The molecular formula is C103H101F8N9O18. The number of aromatic nitrogens is 9. The Morgan fingerprint density at radius 1 is 0.348 bits per heavy atom. The van der Waals surface area contributed by atoms with E-state index in [4.69, 9.17) is 46.0 Å². The van der Waals surface area contributed by atoms with E-state index >= 15 is 0 Å². The monoisotopic (exact) mass is 1900 g/mol. The number of carboxylic acid groups (broad SMARTS) is 9. The Morgan fingerprint density at radius 3 is 1.22 bits per heavy atom. The van der Waals surface area contributed by atoms with E-state index in [9.17, 15) is 78.3 Å². The summed E-state index contributed by atoms with van der Waals surface area (Å²) in [6.45, 7) is 8.15. The highest BCUT2D eigenvalue weighted by atomic mass is 19.3. The number of aromatic carboxylic acids is 9. The van der Waals surface area contributed by atoms with E-state index in [1.807, 2.05) is 36.4 Å². The van der Waals surface area contributed by atoms with Crippen molar-refractivity contribution in [3.05, 3.63) is 315 Å². The van der Waals surface area contributed by atoms with Gasteiger partial charge in [-0.3, -0.25) is 0 Å². The zero-order valence-corrected chi connectivity index (χ0v) is 75.2. The molecule has 0 aliphatic heterocycles. The van der Waals surface area contributed by atoms with Gasteiger partial charge in [-0.25, -0.2) is 78.3 Å². The first kappa shape index (κ1) is 94.2. The first-order valence-corrected chi connectivity index (χ1v) is 46.1. The number of carboxylic acids is 9. The van der Waals surface area contributed by atoms with Gasteiger partial charge >= 0.3 is 53.7 Å². The number of halogens is 8. The molecule has 9 aromatic heterocycles. The van der Waals surface area contributed by atoms with E-state index in [1.165, 1.54) is 90.3 Å². The van der Waals surface area contributed by atoms with Crippen molar-refractivity contribution in [1.82, 2.24) is 44.9 Å². The molecule has 0 saturated heterocycles. The molecule has 12 aromatic rings. The van der Waals surface area contributed by atoms with Gasteiger partial charge in [0.05, 0.1) is 12.3 Å². The summed E-state index contributed by atoms with van der Waals surface area (Å²) >= 11 is 0. The summed E-state index contributed by atoms with van der Waals surface area (Å²) in [5, 5.41) is 79.0. The van der Waals surface area contributed by atoms with Gasteiger partial charge in [-0.15, -0.1) is 0 Å². The fourth-order valence-corrected chi connectivity index (χ4v) is 23.2. The molecule has 722 valence electrons. The van der Waals surface area contributed by atoms with Crippen molar-refractivity contribution in [2.75, 3.05) is 0 Å². The fourth-order valence-electron chi connectivity index (χ4n) is 23.2. The average molecular weight is 1900 g/mol. The zero-order chi connectivity index (χ0) is 98.4. The third-order valence-corrected chi connectivity index (χ3v) is 30.8. The molecule has 9 heterocycles. The SMILES string of the molecule is C[C@@H]1CC(F)(F)c2cc(C(=O)O)[nH]c21.C[C@@H]1c2cc(C(=O)O)[nH]c2CC1(F)F.C[C@H]1Cc2[nH]c(C(=O)O)cc2C1(F)F.C[C@H]1[C@H]2Cc3[nH]c(C(=O)O)cc3[C@@H]12.C[C@H]1c2[nH]c(C(=O)O)cc2CC1(F)F.O=C(O)c1cc2c([nH]1)C[C@@H]1C[C@H]21.O=C(O)c1cc2c([nH]1)C[C@@H]1[C@H](CCc3ccccc3)[C@H]21.O=C(O)c1cc2c([nH]1)C[C@@H]1[C@H](Cc3ccccc3)[C@H]21.O=C(O)c1cc2c([nH]1)C[C@H]1[C@@H]2[C@H]1c1ccccc1. The number of fused-ring (bicyclic) bond motifs is 19. The highest BCUT2D eigenvalue weighted by Gasteiger charge is 2.60. The first-order valence-electron chi connectivity index (χ1n) is 46.1. The van der Waals surface area contributed by atoms with Crippen LogP contribution in [0.3, 0.4) is 0 Å². The van der Waals surface area contributed by atoms with Crippen LogP contribution in [0.15, 0.2) is 146 Å². The lowest BCUT2D eigenvalue weighted by Crippen LogP contribution is -2.20. The molecule has 14 aliphatic carbocycles. The van der Waals surface area contributed by atoms with Gasteiger partial charge in [0.15, 0.2) is 0 Å². The van der Waals surface area contributed by atoms with Crippen molar-refractivity contribution in [2.24, 2.45) is 53.3 Å². The Morgan fingerprint density at radius 2 is 0.739 bits per heavy atom. The molecule has 138 heavy (non-hydrogen) atoms. The van der Waals surface area contributed by atoms with E-state index < -0.39 is 102 Å². The Bertz CT molecular complexity index is 6730. The molecule has 18 N–H and O–H groups in total. The smallest absolute Gasteiger partial charge is 0.352 e. The molecule has 35 heteroatoms. The summed E-state index contributed by atoms with van der Waals surface area (Å²) in [6, 6.07) is 45.4. The van der Waals surface area contributed by atoms with Crippen molar-refractivity contribution in [2.45, 2.75) is 195 Å². The predicted octanol–water partition coefficient (Wildman–Crippen LogP) is 20.2. The summed E-state index contributed by atoms with van der Waals surface area (Å²) in [5.41, 5.74) is 19.5. The van der Waals surface area contributed by atoms with Crippen molar-refractivity contribution in [3.8, 4) is 0 Å². The maximum Gasteiger partial charge on any atom is 0.352 e. The van der Waals surface area contributed by atoms with Crippen LogP contribution < -0.4 is 0 Å². The largest absolute Gasteiger partial charge is 0.477 e. The minimum Gasteiger partial charge on any atom is -0.477 e. The topological polar surface area (TPSA) is 478 Å². The summed E-state index contributed by atoms with van der Waals surface area (Å²) in [6.07, 6.45) is 9.09. The highest BCUT2D eigenvalue weighted by molar-refractivity contribution is 5.91. The van der Waals surface area contributed by atoms with Crippen LogP contribution in [0.4, 0.5) is 35.1 Å². The molecule has 5 fully saturated rings. The number of aromatic amines is 9. The number of rotatable bonds is 15. The molecule has 26 rings (SSSR count). The minimum atomic E-state index is -2.90. The molecule has 0 unspecified atom stereocenters. The van der Waals surface area contributed by atoms with Gasteiger partial charge in [-0.1, -0.05) is 126 Å². The Kier molecular flexibility index (Phi) is 24.2. The normalized spacial score (nSPS) is 26.4. The van der Waals surface area contributed by atoms with E-state index in [2.05, 4.69) is 131 Å². The highest BCUT2D eigenvalue weighted by Crippen LogP contribution is 2.68. The van der Waals surface area contributed by atoms with Gasteiger partial charge in [-0.2, -0.15) is 0 Å². The quantitative estimate of drug-likeness (QED) is 0.0424. The van der Waals surface area contributed by atoms with Crippen molar-refractivity contribution in [3.63, 3.8) is 0 Å². The van der Waals surface area contributed by atoms with Gasteiger partial charge in [0, 0.05) is 93.0 Å². The Balaban J connectivity index is 0.000000104. The molecule has 3 aromatic carbocycles. The molecule has 18 atom stereocenters. The minimum absolute atomic E-state index is 0.0163. The third-order valence-electron chi connectivity index (χ3n) is 30.8. The molecule has 0 bridgehead atoms. The zero-order valence-electron chi connectivity index (χ0n) is 75.2. The van der Waals surface area contributed by atoms with Crippen LogP contribution in [0, 0.1) is 53.3 Å². The van der Waals surface area contributed by atoms with E-state index in [-0.39, 0.29) is 59.1 Å². The van der Waals surface area contributed by atoms with Gasteiger partial charge in [0.2, 0.25) is 0 Å². The number of benzene rings is 3. The fraction of sp³-hybridized carbons (Fsp3) is 0.388. The molecule has 0 radical (unpaired) electrons. The van der Waals surface area contributed by atoms with Crippen LogP contribution in [-0.2, 0) is 76.1 Å². The van der Waals surface area contributed by atoms with E-state index in [0.29, 0.717) is 110 Å². The van der Waals surface area contributed by atoms with Gasteiger partial charge in [0.25, 0.3) is 23.7 Å². The first-order chi connectivity index (χ1) is 65.3. The van der Waals surface area contributed by atoms with Gasteiger partial charge < -0.3 is 90.8 Å². The van der Waals surface area contributed by atoms with Crippen LogP contribution >= 0.6 is 0 Å². The van der Waals surface area contributed by atoms with Crippen LogP contribution in [0.1, 0.15) is 320 Å². The van der Waals surface area contributed by atoms with Crippen LogP contribution in [0.2, 0.25) is 0 Å². The molecule has 27 nitrogen and oxygen atoms in total. The Hall–Kier alpha value is -14.2. The molecular weight excluding hydrogens is 1800 g/mol. The maximum atomic E-state index is 13.4. The number of alkyl halides is 8. The second kappa shape index (κ2) is 35.4. The maximum absolute atomic E-state index is 13.4. The van der Waals surface area contributed by atoms with E-state index in [0.717, 1.165) is 121 Å². The third kappa shape index (κ3) is 18.1. The molecule has 5 saturated carbocycles. The number of aryl methyl sites for hydroxylation is 1. The summed E-state index contributed by atoms with van der Waals surface area (Å²) in [5.74, 6) is -13.4. The number of carbonyl (C=O) groups is 9. The van der Waals surface area contributed by atoms with Crippen LogP contribution in [-0.4, -0.2) is 156 Å². The second-order valence-electron chi connectivity index (χ2n) is 39.2. The number of hydrogen-bond acceptors (Lipinski definition) is 9. The molecule has 0 amide bonds.